The quantitative estimate of drug-likeness (QED) is 0.270. The maximum absolute atomic E-state index is 14.2. The molecule has 1 atom stereocenters. The number of benzene rings is 3. The summed E-state index contributed by atoms with van der Waals surface area (Å²) in [4.78, 5) is 25.3. The minimum absolute atomic E-state index is 0.228. The number of amides is 1. The van der Waals surface area contributed by atoms with Crippen LogP contribution in [-0.2, 0) is 14.9 Å². The van der Waals surface area contributed by atoms with Crippen molar-refractivity contribution in [1.29, 1.82) is 0 Å². The number of ether oxygens (including phenoxy) is 1. The van der Waals surface area contributed by atoms with Gasteiger partial charge < -0.3 is 4.74 Å². The van der Waals surface area contributed by atoms with E-state index in [4.69, 9.17) is 4.74 Å². The molecule has 0 unspecified atom stereocenters. The fourth-order valence-electron chi connectivity index (χ4n) is 4.84. The molecule has 1 N–H and O–H groups in total. The number of nitrogens with one attached hydrogen (secondary N) is 1. The zero-order valence-corrected chi connectivity index (χ0v) is 21.8. The Balaban J connectivity index is 1.30. The predicted octanol–water partition coefficient (Wildman–Crippen LogP) is 8.46. The number of halogens is 1. The average Bonchev–Trinajstić information content (AvgIpc) is 3.62. The van der Waals surface area contributed by atoms with Gasteiger partial charge in [-0.05, 0) is 67.0 Å². The lowest BCUT2D eigenvalue weighted by Gasteiger charge is -2.16. The third-order valence-electron chi connectivity index (χ3n) is 7.19. The maximum atomic E-state index is 14.2. The number of anilines is 1. The molecule has 1 aromatic heterocycles. The van der Waals surface area contributed by atoms with Gasteiger partial charge in [-0.15, -0.1) is 11.3 Å². The molecule has 5 rings (SSSR count). The smallest absolute Gasteiger partial charge is 0.412 e. The number of carbonyl (C=O) groups is 2. The Morgan fingerprint density at radius 1 is 0.946 bits per heavy atom. The molecular weight excluding hydrogens is 485 g/mol. The molecule has 4 aromatic rings. The van der Waals surface area contributed by atoms with Gasteiger partial charge in [-0.25, -0.2) is 4.79 Å². The van der Waals surface area contributed by atoms with Crippen LogP contribution in [0.2, 0.25) is 0 Å². The number of rotatable bonds is 7. The van der Waals surface area contributed by atoms with Crippen molar-refractivity contribution in [2.24, 2.45) is 0 Å². The van der Waals surface area contributed by atoms with E-state index >= 15 is 0 Å². The molecule has 37 heavy (non-hydrogen) atoms. The third kappa shape index (κ3) is 5.07. The third-order valence-corrected chi connectivity index (χ3v) is 8.16. The van der Waals surface area contributed by atoms with E-state index in [1.54, 1.807) is 6.92 Å². The van der Waals surface area contributed by atoms with Crippen LogP contribution in [0, 0.1) is 12.1 Å². The first-order valence-corrected chi connectivity index (χ1v) is 13.1. The first-order chi connectivity index (χ1) is 17.8. The van der Waals surface area contributed by atoms with Crippen LogP contribution in [-0.4, -0.2) is 11.9 Å². The fourth-order valence-corrected chi connectivity index (χ4v) is 5.69. The molecule has 3 aromatic carbocycles. The van der Waals surface area contributed by atoms with E-state index in [0.717, 1.165) is 57.6 Å². The SMILES string of the molecule is CC(=O)C1(c2ccc(-c3ccc(-c4sc(F)cc4NC(=O)O[C@H](C)c4ccccc4C)cc3)cc2)CC1. The number of carbonyl (C=O) groups excluding carboxylic acids is 2. The topological polar surface area (TPSA) is 55.4 Å². The van der Waals surface area contributed by atoms with Crippen molar-refractivity contribution < 1.29 is 18.7 Å². The van der Waals surface area contributed by atoms with Gasteiger partial charge in [0.05, 0.1) is 16.0 Å². The molecule has 1 amide bonds. The minimum Gasteiger partial charge on any atom is -0.441 e. The van der Waals surface area contributed by atoms with E-state index in [2.05, 4.69) is 5.32 Å². The summed E-state index contributed by atoms with van der Waals surface area (Å²) in [5.74, 6) is 0.228. The summed E-state index contributed by atoms with van der Waals surface area (Å²) in [6, 6.07) is 25.0. The maximum Gasteiger partial charge on any atom is 0.412 e. The fraction of sp³-hybridized carbons (Fsp3) is 0.226. The van der Waals surface area contributed by atoms with Gasteiger partial charge >= 0.3 is 6.09 Å². The lowest BCUT2D eigenvalue weighted by atomic mass is 9.90. The van der Waals surface area contributed by atoms with E-state index in [1.807, 2.05) is 86.6 Å². The summed E-state index contributed by atoms with van der Waals surface area (Å²) in [7, 11) is 0. The normalized spacial score (nSPS) is 14.6. The van der Waals surface area contributed by atoms with E-state index in [-0.39, 0.29) is 11.2 Å². The molecule has 1 fully saturated rings. The molecule has 1 heterocycles. The van der Waals surface area contributed by atoms with E-state index in [0.29, 0.717) is 10.6 Å². The summed E-state index contributed by atoms with van der Waals surface area (Å²) in [5.41, 5.74) is 5.98. The molecule has 188 valence electrons. The van der Waals surface area contributed by atoms with Crippen LogP contribution in [0.5, 0.6) is 0 Å². The van der Waals surface area contributed by atoms with Crippen molar-refractivity contribution in [3.63, 3.8) is 0 Å². The number of aryl methyl sites for hydroxylation is 1. The summed E-state index contributed by atoms with van der Waals surface area (Å²) < 4.78 is 19.8. The Bertz CT molecular complexity index is 1450. The second kappa shape index (κ2) is 9.94. The van der Waals surface area contributed by atoms with Gasteiger partial charge in [-0.3, -0.25) is 10.1 Å². The molecule has 1 saturated carbocycles. The summed E-state index contributed by atoms with van der Waals surface area (Å²) in [6.45, 7) is 5.45. The summed E-state index contributed by atoms with van der Waals surface area (Å²) in [5, 5.41) is 2.32. The highest BCUT2D eigenvalue weighted by Crippen LogP contribution is 2.49. The summed E-state index contributed by atoms with van der Waals surface area (Å²) >= 11 is 0.974. The molecule has 1 aliphatic rings. The van der Waals surface area contributed by atoms with Crippen molar-refractivity contribution in [1.82, 2.24) is 0 Å². The van der Waals surface area contributed by atoms with Gasteiger partial charge in [0.2, 0.25) is 0 Å². The van der Waals surface area contributed by atoms with Crippen LogP contribution in [0.4, 0.5) is 14.9 Å². The second-order valence-corrected chi connectivity index (χ2v) is 10.6. The molecule has 0 radical (unpaired) electrons. The molecule has 6 heteroatoms. The van der Waals surface area contributed by atoms with Crippen molar-refractivity contribution in [3.05, 3.63) is 101 Å². The van der Waals surface area contributed by atoms with Crippen LogP contribution in [0.15, 0.2) is 78.9 Å². The van der Waals surface area contributed by atoms with Gasteiger partial charge in [0, 0.05) is 6.07 Å². The highest BCUT2D eigenvalue weighted by molar-refractivity contribution is 7.14. The average molecular weight is 514 g/mol. The Hall–Kier alpha value is -3.77. The van der Waals surface area contributed by atoms with Crippen molar-refractivity contribution in [2.45, 2.75) is 45.1 Å². The number of ketones is 1. The molecule has 0 bridgehead atoms. The van der Waals surface area contributed by atoms with Crippen molar-refractivity contribution >= 4 is 28.9 Å². The zero-order chi connectivity index (χ0) is 26.2. The Morgan fingerprint density at radius 3 is 2.14 bits per heavy atom. The standard InChI is InChI=1S/C31H28FNO3S/c1-19-6-4-5-7-26(19)20(2)36-30(35)33-27-18-28(32)37-29(27)24-10-8-22(9-11-24)23-12-14-25(15-13-23)31(16-17-31)21(3)34/h4-15,18,20H,16-17H2,1-3H3,(H,33,35)/t20-/m1/s1. The largest absolute Gasteiger partial charge is 0.441 e. The van der Waals surface area contributed by atoms with Crippen LogP contribution in [0.3, 0.4) is 0 Å². The van der Waals surface area contributed by atoms with Gasteiger partial charge in [0.15, 0.2) is 5.13 Å². The highest BCUT2D eigenvalue weighted by atomic mass is 32.1. The lowest BCUT2D eigenvalue weighted by Crippen LogP contribution is -2.16. The van der Waals surface area contributed by atoms with Gasteiger partial charge in [-0.2, -0.15) is 4.39 Å². The molecule has 0 saturated heterocycles. The van der Waals surface area contributed by atoms with Gasteiger partial charge in [0.25, 0.3) is 0 Å². The summed E-state index contributed by atoms with van der Waals surface area (Å²) in [6.07, 6.45) is 0.764. The predicted molar refractivity (Wildman–Crippen MR) is 146 cm³/mol. The number of hydrogen-bond acceptors (Lipinski definition) is 4. The Kier molecular flexibility index (Phi) is 6.69. The zero-order valence-electron chi connectivity index (χ0n) is 21.0. The second-order valence-electron chi connectivity index (χ2n) is 9.62. The van der Waals surface area contributed by atoms with E-state index in [1.165, 1.54) is 6.07 Å². The molecule has 0 aliphatic heterocycles. The van der Waals surface area contributed by atoms with Crippen molar-refractivity contribution in [2.75, 3.05) is 5.32 Å². The molecule has 1 aliphatic carbocycles. The van der Waals surface area contributed by atoms with E-state index < -0.39 is 17.3 Å². The number of Topliss-reactive ketones (excluding diaryl/α,β-unsaturated/α-hetero) is 1. The van der Waals surface area contributed by atoms with Crippen LogP contribution < -0.4 is 5.32 Å². The number of thiophene rings is 1. The minimum atomic E-state index is -0.634. The Labute approximate surface area is 220 Å². The molecular formula is C31H28FNO3S. The first kappa shape index (κ1) is 24.9. The molecule has 4 nitrogen and oxygen atoms in total. The van der Waals surface area contributed by atoms with Gasteiger partial charge in [0.1, 0.15) is 11.9 Å². The Morgan fingerprint density at radius 2 is 1.54 bits per heavy atom. The van der Waals surface area contributed by atoms with Gasteiger partial charge in [-0.1, -0.05) is 72.8 Å². The monoisotopic (exact) mass is 513 g/mol. The van der Waals surface area contributed by atoms with Crippen LogP contribution in [0.25, 0.3) is 21.6 Å². The highest BCUT2D eigenvalue weighted by Gasteiger charge is 2.48. The van der Waals surface area contributed by atoms with E-state index in [9.17, 15) is 14.0 Å². The molecule has 0 spiro atoms. The number of hydrogen-bond donors (Lipinski definition) is 1. The van der Waals surface area contributed by atoms with Crippen LogP contribution in [0.1, 0.15) is 49.5 Å². The van der Waals surface area contributed by atoms with Crippen molar-refractivity contribution in [3.8, 4) is 21.6 Å². The lowest BCUT2D eigenvalue weighted by molar-refractivity contribution is -0.119. The first-order valence-electron chi connectivity index (χ1n) is 12.3. The van der Waals surface area contributed by atoms with Crippen LogP contribution >= 0.6 is 11.3 Å².